The second-order valence-corrected chi connectivity index (χ2v) is 9.64. The lowest BCUT2D eigenvalue weighted by Gasteiger charge is -2.37. The van der Waals surface area contributed by atoms with Gasteiger partial charge in [-0.1, -0.05) is 121 Å². The van der Waals surface area contributed by atoms with Crippen LogP contribution in [0.2, 0.25) is 0 Å². The molecule has 0 heterocycles. The summed E-state index contributed by atoms with van der Waals surface area (Å²) < 4.78 is 0.874. The smallest absolute Gasteiger partial charge is 0.112 e. The largest absolute Gasteiger partial charge is 1.00 e. The van der Waals surface area contributed by atoms with Gasteiger partial charge < -0.3 is 22.0 Å². The van der Waals surface area contributed by atoms with Crippen LogP contribution in [0.3, 0.4) is 0 Å². The van der Waals surface area contributed by atoms with Crippen molar-refractivity contribution in [2.75, 3.05) is 20.7 Å². The first-order valence-corrected chi connectivity index (χ1v) is 12.6. The maximum Gasteiger partial charge on any atom is 0.112 e. The van der Waals surface area contributed by atoms with E-state index in [1.54, 1.807) is 0 Å². The van der Waals surface area contributed by atoms with Crippen molar-refractivity contribution in [1.82, 2.24) is 0 Å². The van der Waals surface area contributed by atoms with Crippen molar-refractivity contribution in [2.45, 2.75) is 116 Å². The molecule has 1 atom stereocenters. The molecule has 1 aromatic rings. The second-order valence-electron chi connectivity index (χ2n) is 9.64. The predicted octanol–water partition coefficient (Wildman–Crippen LogP) is 4.50. The van der Waals surface area contributed by atoms with Gasteiger partial charge in [0, 0.05) is 12.0 Å². The highest BCUT2D eigenvalue weighted by Gasteiger charge is 2.27. The lowest BCUT2D eigenvalue weighted by molar-refractivity contribution is -0.928. The number of likely N-dealkylation sites (N-methyl/N-ethyl adjacent to an activating group) is 1. The van der Waals surface area contributed by atoms with Crippen LogP contribution in [-0.4, -0.2) is 36.3 Å². The number of quaternary nitrogens is 1. The standard InChI is InChI=1S/C27H50NO.ClH/c1-4-5-6-7-8-9-10-11-12-13-14-15-16-20-23-27(25-29)28(2,3)24-26-21-18-17-19-22-26;/h17-19,21-22,27,29H,4-16,20,23-25H2,1-3H3;1H/q+1;/p-1. The molecule has 0 saturated carbocycles. The highest BCUT2D eigenvalue weighted by Crippen LogP contribution is 2.20. The van der Waals surface area contributed by atoms with Gasteiger partial charge in [-0.2, -0.15) is 0 Å². The highest BCUT2D eigenvalue weighted by atomic mass is 35.5. The zero-order chi connectivity index (χ0) is 21.2. The molecule has 0 saturated heterocycles. The fraction of sp³-hybridized carbons (Fsp3) is 0.778. The molecule has 30 heavy (non-hydrogen) atoms. The number of aliphatic hydroxyl groups is 1. The Balaban J connectivity index is 0.00000841. The Morgan fingerprint density at radius 3 is 1.57 bits per heavy atom. The van der Waals surface area contributed by atoms with Crippen LogP contribution in [0.1, 0.15) is 109 Å². The van der Waals surface area contributed by atoms with Crippen LogP contribution >= 0.6 is 0 Å². The minimum absolute atomic E-state index is 0. The van der Waals surface area contributed by atoms with E-state index in [0.29, 0.717) is 6.04 Å². The summed E-state index contributed by atoms with van der Waals surface area (Å²) in [4.78, 5) is 0. The van der Waals surface area contributed by atoms with Crippen molar-refractivity contribution in [1.29, 1.82) is 0 Å². The third kappa shape index (κ3) is 14.4. The van der Waals surface area contributed by atoms with E-state index in [1.807, 2.05) is 0 Å². The molecule has 0 fully saturated rings. The van der Waals surface area contributed by atoms with Crippen LogP contribution in [0.25, 0.3) is 0 Å². The van der Waals surface area contributed by atoms with E-state index >= 15 is 0 Å². The lowest BCUT2D eigenvalue weighted by Crippen LogP contribution is -3.00. The van der Waals surface area contributed by atoms with E-state index in [2.05, 4.69) is 51.4 Å². The summed E-state index contributed by atoms with van der Waals surface area (Å²) in [6, 6.07) is 11.0. The molecule has 0 spiro atoms. The number of aliphatic hydroxyl groups excluding tert-OH is 1. The number of nitrogens with zero attached hydrogens (tertiary/aromatic N) is 1. The first-order valence-electron chi connectivity index (χ1n) is 12.6. The van der Waals surface area contributed by atoms with Gasteiger partial charge in [0.1, 0.15) is 12.6 Å². The van der Waals surface area contributed by atoms with Gasteiger partial charge in [-0.15, -0.1) is 0 Å². The first kappa shape index (κ1) is 29.4. The van der Waals surface area contributed by atoms with Crippen LogP contribution < -0.4 is 12.4 Å². The average Bonchev–Trinajstić information content (AvgIpc) is 2.71. The molecule has 0 aliphatic rings. The molecule has 0 aliphatic carbocycles. The number of hydrogen-bond donors (Lipinski definition) is 1. The Bertz CT molecular complexity index is 477. The summed E-state index contributed by atoms with van der Waals surface area (Å²) in [5.41, 5.74) is 1.36. The molecule has 1 rings (SSSR count). The Kier molecular flexibility index (Phi) is 18.8. The second kappa shape index (κ2) is 19.1. The van der Waals surface area contributed by atoms with Crippen molar-refractivity contribution in [3.63, 3.8) is 0 Å². The van der Waals surface area contributed by atoms with Crippen LogP contribution in [0, 0.1) is 0 Å². The van der Waals surface area contributed by atoms with Gasteiger partial charge in [0.05, 0.1) is 20.7 Å². The van der Waals surface area contributed by atoms with Gasteiger partial charge in [-0.25, -0.2) is 0 Å². The minimum atomic E-state index is 0. The summed E-state index contributed by atoms with van der Waals surface area (Å²) in [6.07, 6.45) is 20.7. The number of rotatable bonds is 19. The summed E-state index contributed by atoms with van der Waals surface area (Å²) in [5.74, 6) is 0. The van der Waals surface area contributed by atoms with Crippen LogP contribution in [0.5, 0.6) is 0 Å². The topological polar surface area (TPSA) is 20.2 Å². The van der Waals surface area contributed by atoms with Crippen molar-refractivity contribution in [3.05, 3.63) is 35.9 Å². The van der Waals surface area contributed by atoms with Gasteiger partial charge in [0.15, 0.2) is 0 Å². The normalized spacial score (nSPS) is 12.5. The summed E-state index contributed by atoms with van der Waals surface area (Å²) in [5, 5.41) is 9.93. The van der Waals surface area contributed by atoms with Gasteiger partial charge in [0.2, 0.25) is 0 Å². The van der Waals surface area contributed by atoms with E-state index in [9.17, 15) is 5.11 Å². The van der Waals surface area contributed by atoms with Crippen molar-refractivity contribution in [2.24, 2.45) is 0 Å². The van der Waals surface area contributed by atoms with Crippen LogP contribution in [0.4, 0.5) is 0 Å². The van der Waals surface area contributed by atoms with Crippen LogP contribution in [-0.2, 0) is 6.54 Å². The molecular formula is C27H50ClNO. The van der Waals surface area contributed by atoms with E-state index in [-0.39, 0.29) is 19.0 Å². The molecule has 0 bridgehead atoms. The monoisotopic (exact) mass is 439 g/mol. The lowest BCUT2D eigenvalue weighted by atomic mass is 10.0. The average molecular weight is 440 g/mol. The fourth-order valence-corrected chi connectivity index (χ4v) is 4.42. The minimum Gasteiger partial charge on any atom is -1.00 e. The van der Waals surface area contributed by atoms with E-state index in [1.165, 1.54) is 95.5 Å². The summed E-state index contributed by atoms with van der Waals surface area (Å²) in [6.45, 7) is 3.57. The highest BCUT2D eigenvalue weighted by molar-refractivity contribution is 5.13. The Morgan fingerprint density at radius 2 is 1.13 bits per heavy atom. The van der Waals surface area contributed by atoms with Gasteiger partial charge in [-0.3, -0.25) is 0 Å². The molecule has 2 nitrogen and oxygen atoms in total. The SMILES string of the molecule is CCCCCCCCCCCCCCCCC(CO)[N+](C)(C)Cc1ccccc1.[Cl-]. The number of hydrogen-bond acceptors (Lipinski definition) is 1. The Hall–Kier alpha value is -0.570. The number of benzene rings is 1. The van der Waals surface area contributed by atoms with Crippen LogP contribution in [0.15, 0.2) is 30.3 Å². The first-order chi connectivity index (χ1) is 14.1. The number of unbranched alkanes of at least 4 members (excludes halogenated alkanes) is 13. The molecule has 176 valence electrons. The molecule has 1 N–H and O–H groups in total. The Labute approximate surface area is 194 Å². The zero-order valence-electron chi connectivity index (χ0n) is 20.3. The number of halogens is 1. The molecule has 0 aromatic heterocycles. The maximum absolute atomic E-state index is 9.93. The van der Waals surface area contributed by atoms with Gasteiger partial charge >= 0.3 is 0 Å². The molecule has 0 aliphatic heterocycles. The van der Waals surface area contributed by atoms with E-state index < -0.39 is 0 Å². The van der Waals surface area contributed by atoms with E-state index in [0.717, 1.165) is 17.4 Å². The molecule has 3 heteroatoms. The fourth-order valence-electron chi connectivity index (χ4n) is 4.42. The van der Waals surface area contributed by atoms with Gasteiger partial charge in [-0.05, 0) is 6.42 Å². The van der Waals surface area contributed by atoms with Crippen molar-refractivity contribution >= 4 is 0 Å². The quantitative estimate of drug-likeness (QED) is 0.248. The van der Waals surface area contributed by atoms with E-state index in [4.69, 9.17) is 0 Å². The predicted molar refractivity (Wildman–Crippen MR) is 128 cm³/mol. The summed E-state index contributed by atoms with van der Waals surface area (Å²) >= 11 is 0. The molecular weight excluding hydrogens is 390 g/mol. The zero-order valence-corrected chi connectivity index (χ0v) is 21.0. The van der Waals surface area contributed by atoms with Crippen molar-refractivity contribution < 1.29 is 22.0 Å². The molecule has 1 unspecified atom stereocenters. The van der Waals surface area contributed by atoms with Gasteiger partial charge in [0.25, 0.3) is 0 Å². The third-order valence-corrected chi connectivity index (χ3v) is 6.52. The molecule has 0 amide bonds. The maximum atomic E-state index is 9.93. The summed E-state index contributed by atoms with van der Waals surface area (Å²) in [7, 11) is 4.52. The third-order valence-electron chi connectivity index (χ3n) is 6.52. The Morgan fingerprint density at radius 1 is 0.700 bits per heavy atom. The van der Waals surface area contributed by atoms with Crippen molar-refractivity contribution in [3.8, 4) is 0 Å². The molecule has 1 aromatic carbocycles. The molecule has 0 radical (unpaired) electrons.